The average Bonchev–Trinajstić information content (AvgIpc) is 2.93. The highest BCUT2D eigenvalue weighted by atomic mass is 16.5. The van der Waals surface area contributed by atoms with Crippen LogP contribution in [-0.2, 0) is 28.6 Å². The van der Waals surface area contributed by atoms with E-state index in [1.165, 1.54) is 37.7 Å². The van der Waals surface area contributed by atoms with Crippen molar-refractivity contribution in [2.45, 2.75) is 66.2 Å². The summed E-state index contributed by atoms with van der Waals surface area (Å²) in [6.07, 6.45) is 10.8. The Hall–Kier alpha value is -3.41. The number of benzene rings is 1. The lowest BCUT2D eigenvalue weighted by Gasteiger charge is -2.13. The van der Waals surface area contributed by atoms with Crippen LogP contribution in [0.4, 0.5) is 0 Å². The van der Waals surface area contributed by atoms with Crippen LogP contribution in [0.2, 0.25) is 0 Å². The van der Waals surface area contributed by atoms with Gasteiger partial charge in [0.15, 0.2) is 0 Å². The van der Waals surface area contributed by atoms with Gasteiger partial charge in [-0.1, -0.05) is 109 Å². The third-order valence-electron chi connectivity index (χ3n) is 4.65. The molecule has 0 fully saturated rings. The minimum absolute atomic E-state index is 0.310. The maximum atomic E-state index is 10.8. The number of carbonyl (C=O) groups excluding carboxylic acids is 3. The SMILES string of the molecule is C=C(C)C(=O)OC.C=CC(=O)OCC(CC)CCCC.C=CC(=O)OCCCC.C=Cc1ccccc1. The standard InChI is InChI=1S/C11H20O2.C8H8.C7H12O2.C5H8O2/c1-4-7-8-10(5-2)9-13-11(12)6-3;1-2-8-6-4-3-5-7-8;1-3-5-6-9-7(8)4-2;1-4(2)5(6)7-3/h6,10H,3-5,7-9H2,1-2H3;2-7H,1H2;4H,2-3,5-6H2,1H3;1H2,2-3H3. The molecule has 1 aromatic rings. The summed E-state index contributed by atoms with van der Waals surface area (Å²) in [6, 6.07) is 10.0. The number of hydrogen-bond acceptors (Lipinski definition) is 6. The molecule has 0 heterocycles. The van der Waals surface area contributed by atoms with Gasteiger partial charge in [0.1, 0.15) is 0 Å². The van der Waals surface area contributed by atoms with Crippen molar-refractivity contribution < 1.29 is 28.6 Å². The van der Waals surface area contributed by atoms with Gasteiger partial charge in [-0.25, -0.2) is 14.4 Å². The van der Waals surface area contributed by atoms with Crippen molar-refractivity contribution in [2.75, 3.05) is 20.3 Å². The van der Waals surface area contributed by atoms with Crippen LogP contribution in [0.3, 0.4) is 0 Å². The number of carbonyl (C=O) groups is 3. The van der Waals surface area contributed by atoms with Crippen molar-refractivity contribution in [1.82, 2.24) is 0 Å². The summed E-state index contributed by atoms with van der Waals surface area (Å²) in [4.78, 5) is 31.3. The van der Waals surface area contributed by atoms with E-state index in [0.29, 0.717) is 24.7 Å². The highest BCUT2D eigenvalue weighted by Gasteiger charge is 2.07. The molecule has 6 nitrogen and oxygen atoms in total. The van der Waals surface area contributed by atoms with Gasteiger partial charge in [-0.05, 0) is 31.2 Å². The minimum atomic E-state index is -0.347. The van der Waals surface area contributed by atoms with Gasteiger partial charge in [0.05, 0.1) is 20.3 Å². The number of ether oxygens (including phenoxy) is 3. The Morgan fingerprint density at radius 1 is 0.892 bits per heavy atom. The van der Waals surface area contributed by atoms with E-state index in [4.69, 9.17) is 4.74 Å². The lowest BCUT2D eigenvalue weighted by molar-refractivity contribution is -0.139. The molecule has 1 unspecified atom stereocenters. The number of methoxy groups -OCH3 is 1. The highest BCUT2D eigenvalue weighted by Crippen LogP contribution is 2.12. The molecule has 0 aliphatic rings. The van der Waals surface area contributed by atoms with Crippen LogP contribution < -0.4 is 0 Å². The van der Waals surface area contributed by atoms with Crippen LogP contribution in [0, 0.1) is 5.92 Å². The quantitative estimate of drug-likeness (QED) is 0.117. The van der Waals surface area contributed by atoms with E-state index in [-0.39, 0.29) is 17.9 Å². The Balaban J connectivity index is -0.000000429. The molecule has 0 aliphatic heterocycles. The fraction of sp³-hybridized carbons (Fsp3) is 0.452. The zero-order chi connectivity index (χ0) is 28.9. The molecule has 0 saturated carbocycles. The number of hydrogen-bond donors (Lipinski definition) is 0. The summed E-state index contributed by atoms with van der Waals surface area (Å²) in [5.74, 6) is -0.470. The highest BCUT2D eigenvalue weighted by molar-refractivity contribution is 5.86. The molecule has 0 N–H and O–H groups in total. The van der Waals surface area contributed by atoms with E-state index in [2.05, 4.69) is 49.6 Å². The Morgan fingerprint density at radius 2 is 1.43 bits per heavy atom. The summed E-state index contributed by atoms with van der Waals surface area (Å²) in [6.45, 7) is 22.6. The monoisotopic (exact) mass is 516 g/mol. The number of rotatable bonds is 13. The molecule has 0 amide bonds. The first-order valence-electron chi connectivity index (χ1n) is 12.7. The van der Waals surface area contributed by atoms with E-state index in [9.17, 15) is 14.4 Å². The van der Waals surface area contributed by atoms with Gasteiger partial charge in [0.2, 0.25) is 0 Å². The first kappa shape index (κ1) is 38.1. The van der Waals surface area contributed by atoms with Crippen molar-refractivity contribution in [1.29, 1.82) is 0 Å². The molecule has 37 heavy (non-hydrogen) atoms. The maximum Gasteiger partial charge on any atom is 0.332 e. The third kappa shape index (κ3) is 28.7. The maximum absolute atomic E-state index is 10.8. The Kier molecular flexibility index (Phi) is 29.7. The van der Waals surface area contributed by atoms with Crippen LogP contribution >= 0.6 is 0 Å². The molecule has 0 spiro atoms. The van der Waals surface area contributed by atoms with Gasteiger partial charge < -0.3 is 14.2 Å². The second kappa shape index (κ2) is 28.8. The molecular formula is C31H48O6. The molecule has 0 aliphatic carbocycles. The number of esters is 3. The fourth-order valence-corrected chi connectivity index (χ4v) is 2.30. The van der Waals surface area contributed by atoms with E-state index < -0.39 is 0 Å². The van der Waals surface area contributed by atoms with Crippen molar-refractivity contribution in [3.05, 3.63) is 79.9 Å². The second-order valence-corrected chi connectivity index (χ2v) is 7.86. The van der Waals surface area contributed by atoms with Crippen molar-refractivity contribution >= 4 is 24.0 Å². The van der Waals surface area contributed by atoms with E-state index in [1.54, 1.807) is 6.92 Å². The zero-order valence-corrected chi connectivity index (χ0v) is 23.6. The molecule has 1 aromatic carbocycles. The molecular weight excluding hydrogens is 468 g/mol. The Morgan fingerprint density at radius 3 is 1.78 bits per heavy atom. The molecule has 1 atom stereocenters. The van der Waals surface area contributed by atoms with Crippen LogP contribution in [-0.4, -0.2) is 38.2 Å². The predicted molar refractivity (Wildman–Crippen MR) is 154 cm³/mol. The Bertz CT molecular complexity index is 767. The molecule has 0 radical (unpaired) electrons. The van der Waals surface area contributed by atoms with Crippen LogP contribution in [0.15, 0.2) is 74.4 Å². The summed E-state index contributed by atoms with van der Waals surface area (Å²) in [5, 5.41) is 0. The van der Waals surface area contributed by atoms with E-state index in [1.807, 2.05) is 43.3 Å². The first-order chi connectivity index (χ1) is 17.7. The summed E-state index contributed by atoms with van der Waals surface area (Å²) in [7, 11) is 1.33. The van der Waals surface area contributed by atoms with Gasteiger partial charge in [0, 0.05) is 17.7 Å². The second-order valence-electron chi connectivity index (χ2n) is 7.86. The van der Waals surface area contributed by atoms with Crippen molar-refractivity contribution in [3.8, 4) is 0 Å². The molecule has 0 aromatic heterocycles. The van der Waals surface area contributed by atoms with Crippen LogP contribution in [0.1, 0.15) is 71.8 Å². The Labute approximate surface area is 225 Å². The van der Waals surface area contributed by atoms with Crippen molar-refractivity contribution in [2.24, 2.45) is 5.92 Å². The predicted octanol–water partition coefficient (Wildman–Crippen LogP) is 7.51. The van der Waals surface area contributed by atoms with Crippen molar-refractivity contribution in [3.63, 3.8) is 0 Å². The van der Waals surface area contributed by atoms with E-state index >= 15 is 0 Å². The third-order valence-corrected chi connectivity index (χ3v) is 4.65. The first-order valence-corrected chi connectivity index (χ1v) is 12.7. The smallest absolute Gasteiger partial charge is 0.332 e. The zero-order valence-electron chi connectivity index (χ0n) is 23.6. The van der Waals surface area contributed by atoms with Crippen LogP contribution in [0.25, 0.3) is 6.08 Å². The molecule has 0 saturated heterocycles. The summed E-state index contributed by atoms with van der Waals surface area (Å²) < 4.78 is 13.9. The minimum Gasteiger partial charge on any atom is -0.466 e. The van der Waals surface area contributed by atoms with Gasteiger partial charge in [-0.15, -0.1) is 0 Å². The molecule has 208 valence electrons. The van der Waals surface area contributed by atoms with Gasteiger partial charge in [0.25, 0.3) is 0 Å². The summed E-state index contributed by atoms with van der Waals surface area (Å²) >= 11 is 0. The molecule has 0 bridgehead atoms. The summed E-state index contributed by atoms with van der Waals surface area (Å²) in [5.41, 5.74) is 1.61. The molecule has 6 heteroatoms. The lowest BCUT2D eigenvalue weighted by atomic mass is 10.0. The lowest BCUT2D eigenvalue weighted by Crippen LogP contribution is -2.12. The topological polar surface area (TPSA) is 78.9 Å². The average molecular weight is 517 g/mol. The fourth-order valence-electron chi connectivity index (χ4n) is 2.30. The largest absolute Gasteiger partial charge is 0.466 e. The normalized spacial score (nSPS) is 9.65. The van der Waals surface area contributed by atoms with Gasteiger partial charge >= 0.3 is 17.9 Å². The van der Waals surface area contributed by atoms with E-state index in [0.717, 1.165) is 25.7 Å². The number of unbranched alkanes of at least 4 members (excludes halogenated alkanes) is 2. The molecule has 1 rings (SSSR count). The van der Waals surface area contributed by atoms with Gasteiger partial charge in [-0.2, -0.15) is 0 Å². The van der Waals surface area contributed by atoms with Gasteiger partial charge in [-0.3, -0.25) is 0 Å². The van der Waals surface area contributed by atoms with Crippen LogP contribution in [0.5, 0.6) is 0 Å².